The van der Waals surface area contributed by atoms with Crippen molar-refractivity contribution in [2.24, 2.45) is 10.7 Å². The number of nitrogens with zero attached hydrogens (tertiary/aromatic N) is 8. The Balaban J connectivity index is 1.26. The van der Waals surface area contributed by atoms with Crippen molar-refractivity contribution in [2.45, 2.75) is 26.4 Å². The van der Waals surface area contributed by atoms with Gasteiger partial charge in [-0.3, -0.25) is 9.69 Å². The number of benzene rings is 1. The number of carbonyl (C=O) groups excluding carboxylic acids is 1. The Hall–Kier alpha value is -5.11. The number of aliphatic imine (C=N–C) groups is 1. The number of nitrogens with two attached hydrogens (primary N) is 1. The second-order valence-electron chi connectivity index (χ2n) is 10.5. The molecular formula is C29H36N12O2. The van der Waals surface area contributed by atoms with Crippen LogP contribution in [0.25, 0.3) is 22.2 Å². The topological polar surface area (TPSA) is 175 Å². The predicted octanol–water partition coefficient (Wildman–Crippen LogP) is 2.39. The number of aromatic nitrogens is 6. The Morgan fingerprint density at radius 2 is 2.12 bits per heavy atom. The van der Waals surface area contributed by atoms with Crippen molar-refractivity contribution in [3.8, 4) is 17.3 Å². The third-order valence-corrected chi connectivity index (χ3v) is 7.00. The number of amidine groups is 1. The zero-order valence-electron chi connectivity index (χ0n) is 24.9. The molecule has 3 aromatic heterocycles. The number of rotatable bonds is 10. The molecule has 1 saturated heterocycles. The van der Waals surface area contributed by atoms with Crippen molar-refractivity contribution in [1.82, 2.24) is 40.1 Å². The van der Waals surface area contributed by atoms with Gasteiger partial charge in [0.2, 0.25) is 11.9 Å². The number of nitrogens with one attached hydrogen (secondary N) is 3. The van der Waals surface area contributed by atoms with Gasteiger partial charge in [-0.2, -0.15) is 15.0 Å². The zero-order chi connectivity index (χ0) is 30.5. The number of hydrogen-bond acceptors (Lipinski definition) is 11. The first-order chi connectivity index (χ1) is 20.7. The number of ether oxygens (including phenoxy) is 1. The van der Waals surface area contributed by atoms with E-state index in [0.29, 0.717) is 24.0 Å². The van der Waals surface area contributed by atoms with Crippen LogP contribution < -0.4 is 26.0 Å². The molecule has 1 atom stereocenters. The molecule has 0 radical (unpaired) electrons. The number of aryl methyl sites for hydroxylation is 1. The summed E-state index contributed by atoms with van der Waals surface area (Å²) in [6, 6.07) is 6.05. The molecule has 1 fully saturated rings. The summed E-state index contributed by atoms with van der Waals surface area (Å²) in [5.74, 6) is 0.973. The lowest BCUT2D eigenvalue weighted by molar-refractivity contribution is -0.117. The molecule has 0 aliphatic carbocycles. The van der Waals surface area contributed by atoms with Gasteiger partial charge in [0.1, 0.15) is 18.3 Å². The fraction of sp³-hybridized carbons (Fsp3) is 0.345. The largest absolute Gasteiger partial charge is 0.459 e. The van der Waals surface area contributed by atoms with Crippen molar-refractivity contribution >= 4 is 40.2 Å². The van der Waals surface area contributed by atoms with E-state index in [4.69, 9.17) is 10.5 Å². The third kappa shape index (κ3) is 7.04. The number of anilines is 2. The lowest BCUT2D eigenvalue weighted by atomic mass is 10.1. The summed E-state index contributed by atoms with van der Waals surface area (Å²) in [5, 5.41) is 6.98. The summed E-state index contributed by atoms with van der Waals surface area (Å²) in [7, 11) is 5.52. The number of H-pyrrole nitrogens is 1. The van der Waals surface area contributed by atoms with E-state index in [1.165, 1.54) is 6.33 Å². The summed E-state index contributed by atoms with van der Waals surface area (Å²) >= 11 is 0. The van der Waals surface area contributed by atoms with Gasteiger partial charge in [0, 0.05) is 63.3 Å². The molecular weight excluding hydrogens is 548 g/mol. The lowest BCUT2D eigenvalue weighted by Crippen LogP contribution is -2.33. The van der Waals surface area contributed by atoms with E-state index in [1.807, 2.05) is 59.4 Å². The molecule has 0 unspecified atom stereocenters. The number of hydrogen-bond donors (Lipinski definition) is 4. The molecule has 224 valence electrons. The van der Waals surface area contributed by atoms with Crippen LogP contribution in [0.2, 0.25) is 0 Å². The first-order valence-electron chi connectivity index (χ1n) is 13.9. The Bertz CT molecular complexity index is 1680. The number of aromatic amines is 1. The van der Waals surface area contributed by atoms with Crippen LogP contribution in [0.15, 0.2) is 53.7 Å². The van der Waals surface area contributed by atoms with Crippen molar-refractivity contribution in [2.75, 3.05) is 51.0 Å². The van der Waals surface area contributed by atoms with E-state index in [9.17, 15) is 4.79 Å². The number of carbonyl (C=O) groups is 1. The Morgan fingerprint density at radius 1 is 1.28 bits per heavy atom. The number of para-hydroxylation sites is 1. The molecule has 1 amide bonds. The Labute approximate surface area is 249 Å². The average molecular weight is 585 g/mol. The number of likely N-dealkylation sites (tertiary alicyclic amines) is 1. The fourth-order valence-electron chi connectivity index (χ4n) is 4.78. The summed E-state index contributed by atoms with van der Waals surface area (Å²) in [5.41, 5.74) is 10.9. The summed E-state index contributed by atoms with van der Waals surface area (Å²) in [4.78, 5) is 46.1. The molecule has 5 N–H and O–H groups in total. The third-order valence-electron chi connectivity index (χ3n) is 7.00. The number of fused-ring (bicyclic) bond motifs is 1. The Kier molecular flexibility index (Phi) is 8.76. The SMILES string of the molecule is CN/C(C)=C\C(N)=N/c1ncc(C)c(-c2c[nH]c3c(NC(=O)CN4CC[C@H](Oc5ncnc(N(C)C)n5)C4)cccc23)n1. The minimum absolute atomic E-state index is 0.108. The maximum atomic E-state index is 13.1. The van der Waals surface area contributed by atoms with E-state index in [0.717, 1.165) is 46.4 Å². The van der Waals surface area contributed by atoms with Crippen molar-refractivity contribution in [1.29, 1.82) is 0 Å². The zero-order valence-corrected chi connectivity index (χ0v) is 24.9. The van der Waals surface area contributed by atoms with Crippen LogP contribution in [-0.4, -0.2) is 93.4 Å². The van der Waals surface area contributed by atoms with E-state index in [2.05, 4.69) is 50.4 Å². The van der Waals surface area contributed by atoms with Gasteiger partial charge in [-0.1, -0.05) is 12.1 Å². The highest BCUT2D eigenvalue weighted by atomic mass is 16.5. The molecule has 1 aliphatic heterocycles. The van der Waals surface area contributed by atoms with Crippen LogP contribution in [0, 0.1) is 6.92 Å². The molecule has 5 rings (SSSR count). The fourth-order valence-corrected chi connectivity index (χ4v) is 4.78. The van der Waals surface area contributed by atoms with Gasteiger partial charge < -0.3 is 31.0 Å². The highest BCUT2D eigenvalue weighted by Gasteiger charge is 2.27. The van der Waals surface area contributed by atoms with Crippen LogP contribution >= 0.6 is 0 Å². The minimum atomic E-state index is -0.116. The van der Waals surface area contributed by atoms with E-state index >= 15 is 0 Å². The maximum Gasteiger partial charge on any atom is 0.321 e. The molecule has 43 heavy (non-hydrogen) atoms. The van der Waals surface area contributed by atoms with Crippen molar-refractivity contribution < 1.29 is 9.53 Å². The standard InChI is InChI=1S/C29H36N12O2/c1-17-12-33-27(37-23(30)11-18(2)31-3)38-25(17)21-13-32-26-20(21)7-6-8-22(26)36-24(42)15-41-10-9-19(14-41)43-29-35-16-34-28(39-29)40(4)5/h6-8,11-13,16,19,31-32H,9-10,14-15H2,1-5H3,(H,36,42)(H2,30,33,37,38)/b18-11-/t19-/m0/s1. The highest BCUT2D eigenvalue weighted by molar-refractivity contribution is 6.06. The molecule has 0 spiro atoms. The molecule has 14 heteroatoms. The van der Waals surface area contributed by atoms with E-state index < -0.39 is 0 Å². The first kappa shape index (κ1) is 29.4. The molecule has 0 bridgehead atoms. The summed E-state index contributed by atoms with van der Waals surface area (Å²) < 4.78 is 5.96. The van der Waals surface area contributed by atoms with Gasteiger partial charge >= 0.3 is 6.01 Å². The minimum Gasteiger partial charge on any atom is -0.459 e. The highest BCUT2D eigenvalue weighted by Crippen LogP contribution is 2.33. The van der Waals surface area contributed by atoms with Gasteiger partial charge in [-0.05, 0) is 38.0 Å². The smallest absolute Gasteiger partial charge is 0.321 e. The molecule has 14 nitrogen and oxygen atoms in total. The second kappa shape index (κ2) is 12.8. The van der Waals surface area contributed by atoms with E-state index in [-0.39, 0.29) is 30.5 Å². The van der Waals surface area contributed by atoms with Crippen molar-refractivity contribution in [3.05, 3.63) is 54.3 Å². The lowest BCUT2D eigenvalue weighted by Gasteiger charge is -2.16. The van der Waals surface area contributed by atoms with Gasteiger partial charge in [0.05, 0.1) is 23.4 Å². The molecule has 0 saturated carbocycles. The van der Waals surface area contributed by atoms with Crippen LogP contribution in [-0.2, 0) is 4.79 Å². The second-order valence-corrected chi connectivity index (χ2v) is 10.5. The average Bonchev–Trinajstić information content (AvgIpc) is 3.61. The van der Waals surface area contributed by atoms with Gasteiger partial charge in [0.25, 0.3) is 5.95 Å². The molecule has 1 aliphatic rings. The Morgan fingerprint density at radius 3 is 2.91 bits per heavy atom. The van der Waals surface area contributed by atoms with Gasteiger partial charge in [-0.25, -0.2) is 15.0 Å². The normalized spacial score (nSPS) is 16.0. The molecule has 4 heterocycles. The maximum absolute atomic E-state index is 13.1. The summed E-state index contributed by atoms with van der Waals surface area (Å²) in [6.45, 7) is 5.39. The number of allylic oxidation sites excluding steroid dienone is 1. The quantitative estimate of drug-likeness (QED) is 0.159. The molecule has 1 aromatic carbocycles. The van der Waals surface area contributed by atoms with Crippen LogP contribution in [0.4, 0.5) is 17.6 Å². The number of amides is 1. The van der Waals surface area contributed by atoms with Crippen LogP contribution in [0.1, 0.15) is 18.9 Å². The van der Waals surface area contributed by atoms with E-state index in [1.54, 1.807) is 17.2 Å². The summed E-state index contributed by atoms with van der Waals surface area (Å²) in [6.07, 6.45) is 7.42. The molecule has 4 aromatic rings. The van der Waals surface area contributed by atoms with Crippen LogP contribution in [0.5, 0.6) is 6.01 Å². The van der Waals surface area contributed by atoms with Crippen molar-refractivity contribution in [3.63, 3.8) is 0 Å². The predicted molar refractivity (Wildman–Crippen MR) is 166 cm³/mol. The van der Waals surface area contributed by atoms with Crippen LogP contribution in [0.3, 0.4) is 0 Å². The first-order valence-corrected chi connectivity index (χ1v) is 13.9. The monoisotopic (exact) mass is 584 g/mol. The van der Waals surface area contributed by atoms with Gasteiger partial charge in [-0.15, -0.1) is 0 Å². The van der Waals surface area contributed by atoms with Gasteiger partial charge in [0.15, 0.2) is 0 Å².